The van der Waals surface area contributed by atoms with Gasteiger partial charge in [-0.1, -0.05) is 6.07 Å². The lowest BCUT2D eigenvalue weighted by atomic mass is 10.1. The summed E-state index contributed by atoms with van der Waals surface area (Å²) in [5.41, 5.74) is 0.545. The summed E-state index contributed by atoms with van der Waals surface area (Å²) in [6.07, 6.45) is 1.91. The van der Waals surface area contributed by atoms with Crippen LogP contribution >= 0.6 is 11.3 Å². The molecule has 0 amide bonds. The number of halogens is 2. The fraction of sp³-hybridized carbons (Fsp3) is 0.0625. The van der Waals surface area contributed by atoms with Crippen LogP contribution in [0, 0.1) is 11.6 Å². The predicted molar refractivity (Wildman–Crippen MR) is 77.9 cm³/mol. The maximum absolute atomic E-state index is 14.1. The third-order valence-corrected chi connectivity index (χ3v) is 4.70. The van der Waals surface area contributed by atoms with Gasteiger partial charge in [0.1, 0.15) is 17.6 Å². The average molecular weight is 286 g/mol. The van der Waals surface area contributed by atoms with E-state index < -0.39 is 0 Å². The molecule has 20 heavy (non-hydrogen) atoms. The highest BCUT2D eigenvalue weighted by atomic mass is 32.1. The number of aromatic nitrogens is 1. The number of aryl methyl sites for hydroxylation is 1. The van der Waals surface area contributed by atoms with E-state index in [0.717, 1.165) is 25.6 Å². The largest absolute Gasteiger partial charge is 0.249 e. The number of benzene rings is 2. The smallest absolute Gasteiger partial charge is 0.207 e. The normalized spacial score (nSPS) is 11.8. The van der Waals surface area contributed by atoms with Crippen molar-refractivity contribution >= 4 is 42.4 Å². The molecule has 0 saturated heterocycles. The second kappa shape index (κ2) is 3.96. The van der Waals surface area contributed by atoms with Gasteiger partial charge in [0.05, 0.1) is 5.39 Å². The molecule has 0 bridgehead atoms. The minimum Gasteiger partial charge on any atom is -0.207 e. The van der Waals surface area contributed by atoms with Crippen molar-refractivity contribution in [1.29, 1.82) is 0 Å². The molecule has 0 unspecified atom stereocenters. The van der Waals surface area contributed by atoms with Gasteiger partial charge in [0, 0.05) is 15.5 Å². The maximum Gasteiger partial charge on any atom is 0.249 e. The van der Waals surface area contributed by atoms with E-state index in [1.165, 1.54) is 18.2 Å². The van der Waals surface area contributed by atoms with Crippen LogP contribution < -0.4 is 4.57 Å². The zero-order chi connectivity index (χ0) is 13.9. The van der Waals surface area contributed by atoms with Crippen molar-refractivity contribution in [2.75, 3.05) is 0 Å². The van der Waals surface area contributed by atoms with E-state index in [2.05, 4.69) is 0 Å². The van der Waals surface area contributed by atoms with Crippen molar-refractivity contribution in [2.45, 2.75) is 0 Å². The van der Waals surface area contributed by atoms with Gasteiger partial charge in [-0.2, -0.15) is 8.96 Å². The Hall–Kier alpha value is -2.07. The molecule has 0 N–H and O–H groups in total. The van der Waals surface area contributed by atoms with Crippen LogP contribution in [0.4, 0.5) is 8.78 Å². The Morgan fingerprint density at radius 3 is 2.70 bits per heavy atom. The van der Waals surface area contributed by atoms with E-state index in [9.17, 15) is 8.78 Å². The van der Waals surface area contributed by atoms with Crippen LogP contribution in [0.2, 0.25) is 0 Å². The molecule has 0 fully saturated rings. The molecule has 0 aliphatic rings. The van der Waals surface area contributed by atoms with Gasteiger partial charge in [0.15, 0.2) is 12.0 Å². The van der Waals surface area contributed by atoms with Gasteiger partial charge in [-0.25, -0.2) is 4.39 Å². The van der Waals surface area contributed by atoms with Crippen molar-refractivity contribution in [3.05, 3.63) is 54.2 Å². The van der Waals surface area contributed by atoms with Gasteiger partial charge in [-0.3, -0.25) is 0 Å². The van der Waals surface area contributed by atoms with E-state index in [4.69, 9.17) is 0 Å². The van der Waals surface area contributed by atoms with Gasteiger partial charge >= 0.3 is 0 Å². The quantitative estimate of drug-likeness (QED) is 0.424. The zero-order valence-corrected chi connectivity index (χ0v) is 11.5. The number of para-hydroxylation sites is 1. The van der Waals surface area contributed by atoms with Crippen LogP contribution in [0.5, 0.6) is 0 Å². The van der Waals surface area contributed by atoms with Crippen molar-refractivity contribution in [3.63, 3.8) is 0 Å². The number of fused-ring (bicyclic) bond motifs is 5. The Bertz CT molecular complexity index is 988. The van der Waals surface area contributed by atoms with Crippen LogP contribution in [0.15, 0.2) is 42.6 Å². The lowest BCUT2D eigenvalue weighted by Gasteiger charge is -2.00. The van der Waals surface area contributed by atoms with Gasteiger partial charge in [0.2, 0.25) is 5.52 Å². The lowest BCUT2D eigenvalue weighted by molar-refractivity contribution is -0.644. The Labute approximate surface area is 117 Å². The SMILES string of the molecule is C[n+]1cc2sc3ccc(F)cc3c2c2cccc(F)c21. The molecule has 4 heteroatoms. The van der Waals surface area contributed by atoms with E-state index in [1.807, 2.05) is 19.3 Å². The fourth-order valence-corrected chi connectivity index (χ4v) is 3.95. The monoisotopic (exact) mass is 286 g/mol. The van der Waals surface area contributed by atoms with Crippen LogP contribution in [0.3, 0.4) is 0 Å². The van der Waals surface area contributed by atoms with Gasteiger partial charge in [-0.15, -0.1) is 11.3 Å². The Kier molecular flexibility index (Phi) is 2.32. The molecule has 4 rings (SSSR count). The molecule has 2 aromatic carbocycles. The second-order valence-electron chi connectivity index (χ2n) is 4.86. The van der Waals surface area contributed by atoms with E-state index in [-0.39, 0.29) is 11.6 Å². The molecule has 4 aromatic rings. The Morgan fingerprint density at radius 2 is 1.85 bits per heavy atom. The van der Waals surface area contributed by atoms with Gasteiger partial charge < -0.3 is 0 Å². The number of rotatable bonds is 0. The Balaban J connectivity index is 2.36. The van der Waals surface area contributed by atoms with Crippen molar-refractivity contribution in [1.82, 2.24) is 0 Å². The van der Waals surface area contributed by atoms with Gasteiger partial charge in [0.25, 0.3) is 0 Å². The number of pyridine rings is 1. The van der Waals surface area contributed by atoms with Crippen LogP contribution in [0.1, 0.15) is 0 Å². The van der Waals surface area contributed by atoms with Crippen LogP contribution in [0.25, 0.3) is 31.1 Å². The maximum atomic E-state index is 14.1. The predicted octanol–water partition coefficient (Wildman–Crippen LogP) is 4.31. The molecule has 0 saturated carbocycles. The number of nitrogens with zero attached hydrogens (tertiary/aromatic N) is 1. The Morgan fingerprint density at radius 1 is 1.00 bits per heavy atom. The van der Waals surface area contributed by atoms with Gasteiger partial charge in [-0.05, 0) is 30.3 Å². The summed E-state index contributed by atoms with van der Waals surface area (Å²) >= 11 is 1.60. The first-order valence-electron chi connectivity index (χ1n) is 6.24. The van der Waals surface area contributed by atoms with Crippen molar-refractivity contribution in [2.24, 2.45) is 7.05 Å². The zero-order valence-electron chi connectivity index (χ0n) is 10.7. The number of hydrogen-bond donors (Lipinski definition) is 0. The first-order chi connectivity index (χ1) is 9.65. The topological polar surface area (TPSA) is 3.88 Å². The van der Waals surface area contributed by atoms with E-state index in [0.29, 0.717) is 5.52 Å². The van der Waals surface area contributed by atoms with E-state index >= 15 is 0 Å². The molecule has 2 aromatic heterocycles. The minimum atomic E-state index is -0.269. The first kappa shape index (κ1) is 11.7. The summed E-state index contributed by atoms with van der Waals surface area (Å²) in [6.45, 7) is 0. The molecule has 98 valence electrons. The second-order valence-corrected chi connectivity index (χ2v) is 5.94. The highest BCUT2D eigenvalue weighted by Gasteiger charge is 2.18. The summed E-state index contributed by atoms with van der Waals surface area (Å²) in [7, 11) is 1.83. The third-order valence-electron chi connectivity index (χ3n) is 3.60. The third kappa shape index (κ3) is 1.48. The molecular formula is C16H10F2NS+. The number of hydrogen-bond acceptors (Lipinski definition) is 1. The van der Waals surface area contributed by atoms with E-state index in [1.54, 1.807) is 28.0 Å². The van der Waals surface area contributed by atoms with Crippen molar-refractivity contribution in [3.8, 4) is 0 Å². The molecule has 0 radical (unpaired) electrons. The molecule has 0 atom stereocenters. The molecule has 0 spiro atoms. The highest BCUT2D eigenvalue weighted by Crippen LogP contribution is 2.37. The fourth-order valence-electron chi connectivity index (χ4n) is 2.77. The average Bonchev–Trinajstić information content (AvgIpc) is 2.76. The highest BCUT2D eigenvalue weighted by molar-refractivity contribution is 7.26. The molecular weight excluding hydrogens is 276 g/mol. The van der Waals surface area contributed by atoms with Crippen LogP contribution in [-0.2, 0) is 7.05 Å². The summed E-state index contributed by atoms with van der Waals surface area (Å²) in [5, 5.41) is 2.60. The van der Waals surface area contributed by atoms with Crippen molar-refractivity contribution < 1.29 is 13.3 Å². The number of thiophene rings is 1. The van der Waals surface area contributed by atoms with Crippen LogP contribution in [-0.4, -0.2) is 0 Å². The summed E-state index contributed by atoms with van der Waals surface area (Å²) in [6, 6.07) is 9.79. The molecule has 2 heterocycles. The lowest BCUT2D eigenvalue weighted by Crippen LogP contribution is -2.29. The first-order valence-corrected chi connectivity index (χ1v) is 7.05. The summed E-state index contributed by atoms with van der Waals surface area (Å²) < 4.78 is 31.4. The molecule has 0 aliphatic heterocycles. The summed E-state index contributed by atoms with van der Waals surface area (Å²) in [5.74, 6) is -0.530. The molecule has 1 nitrogen and oxygen atoms in total. The molecule has 0 aliphatic carbocycles. The minimum absolute atomic E-state index is 0.261. The standard InChI is InChI=1S/C16H10F2NS/c1-19-8-14-15(10-3-2-4-12(18)16(10)19)11-7-9(17)5-6-13(11)20-14/h2-8H,1H3/q+1. The summed E-state index contributed by atoms with van der Waals surface area (Å²) in [4.78, 5) is 0.